The monoisotopic (exact) mass is 266 g/mol. The molecule has 0 atom stereocenters. The molecule has 0 aliphatic heterocycles. The van der Waals surface area contributed by atoms with Crippen molar-refractivity contribution < 1.29 is 14.6 Å². The molecule has 0 bridgehead atoms. The lowest BCUT2D eigenvalue weighted by molar-refractivity contribution is 0.192. The predicted octanol–water partition coefficient (Wildman–Crippen LogP) is 2.32. The number of urea groups is 1. The van der Waals surface area contributed by atoms with Crippen LogP contribution in [0.2, 0.25) is 0 Å². The number of ether oxygens (including phenoxy) is 1. The van der Waals surface area contributed by atoms with Crippen LogP contribution in [0.5, 0.6) is 5.75 Å². The van der Waals surface area contributed by atoms with E-state index in [0.717, 1.165) is 6.42 Å². The van der Waals surface area contributed by atoms with Crippen molar-refractivity contribution in [3.63, 3.8) is 0 Å². The highest BCUT2D eigenvalue weighted by molar-refractivity contribution is 5.90. The Kier molecular flexibility index (Phi) is 6.74. The van der Waals surface area contributed by atoms with E-state index in [0.29, 0.717) is 31.1 Å². The topological polar surface area (TPSA) is 61.8 Å². The van der Waals surface area contributed by atoms with Crippen molar-refractivity contribution in [2.75, 3.05) is 31.6 Å². The Balaban J connectivity index is 2.72. The number of nitrogens with zero attached hydrogens (tertiary/aromatic N) is 1. The molecule has 2 N–H and O–H groups in total. The summed E-state index contributed by atoms with van der Waals surface area (Å²) in [4.78, 5) is 13.5. The van der Waals surface area contributed by atoms with Gasteiger partial charge >= 0.3 is 6.03 Å². The van der Waals surface area contributed by atoms with Gasteiger partial charge in [-0.3, -0.25) is 0 Å². The molecule has 0 fully saturated rings. The van der Waals surface area contributed by atoms with E-state index < -0.39 is 0 Å². The van der Waals surface area contributed by atoms with E-state index in [1.165, 1.54) is 4.90 Å². The minimum absolute atomic E-state index is 0.0464. The molecule has 5 nitrogen and oxygen atoms in total. The zero-order valence-corrected chi connectivity index (χ0v) is 11.6. The van der Waals surface area contributed by atoms with Crippen molar-refractivity contribution in [3.8, 4) is 5.75 Å². The highest BCUT2D eigenvalue weighted by Crippen LogP contribution is 2.24. The van der Waals surface area contributed by atoms with Crippen LogP contribution in [0.25, 0.3) is 0 Å². The molecule has 0 radical (unpaired) electrons. The van der Waals surface area contributed by atoms with Gasteiger partial charge in [0.1, 0.15) is 5.75 Å². The van der Waals surface area contributed by atoms with E-state index >= 15 is 0 Å². The molecule has 1 aromatic rings. The Bertz CT molecular complexity index is 396. The molecule has 0 aliphatic rings. The number of carbonyl (C=O) groups is 1. The minimum Gasteiger partial charge on any atom is -0.491 e. The third-order valence-corrected chi connectivity index (χ3v) is 2.63. The first-order valence-electron chi connectivity index (χ1n) is 6.61. The van der Waals surface area contributed by atoms with Gasteiger partial charge in [0.15, 0.2) is 0 Å². The Morgan fingerprint density at radius 1 is 1.37 bits per heavy atom. The van der Waals surface area contributed by atoms with Gasteiger partial charge in [0.25, 0.3) is 0 Å². The number of rotatable bonds is 7. The number of aliphatic hydroxyl groups excluding tert-OH is 1. The smallest absolute Gasteiger partial charge is 0.322 e. The predicted molar refractivity (Wildman–Crippen MR) is 75.6 cm³/mol. The molecule has 106 valence electrons. The van der Waals surface area contributed by atoms with Crippen molar-refractivity contribution in [3.05, 3.63) is 24.3 Å². The molecule has 0 saturated carbocycles. The molecule has 0 aliphatic carbocycles. The van der Waals surface area contributed by atoms with Crippen LogP contribution in [-0.4, -0.2) is 42.3 Å². The molecule has 5 heteroatoms. The van der Waals surface area contributed by atoms with Crippen LogP contribution in [0, 0.1) is 0 Å². The highest BCUT2D eigenvalue weighted by atomic mass is 16.5. The number of amides is 2. The summed E-state index contributed by atoms with van der Waals surface area (Å²) in [6, 6.07) is 7.11. The van der Waals surface area contributed by atoms with Crippen LogP contribution in [0.3, 0.4) is 0 Å². The number of likely N-dealkylation sites (N-methyl/N-ethyl adjacent to an activating group) is 1. The standard InChI is InChI=1S/C14H22N2O3/c1-3-11-19-13-8-6-5-7-12(13)15-14(18)16(4-2)9-10-17/h5-8,17H,3-4,9-11H2,1-2H3,(H,15,18). The number of hydrogen-bond acceptors (Lipinski definition) is 3. The summed E-state index contributed by atoms with van der Waals surface area (Å²) in [5, 5.41) is 11.7. The SMILES string of the molecule is CCCOc1ccccc1NC(=O)N(CC)CCO. The number of nitrogens with one attached hydrogen (secondary N) is 1. The highest BCUT2D eigenvalue weighted by Gasteiger charge is 2.13. The molecule has 0 aromatic heterocycles. The first-order valence-corrected chi connectivity index (χ1v) is 6.61. The number of para-hydroxylation sites is 2. The van der Waals surface area contributed by atoms with E-state index in [9.17, 15) is 4.79 Å². The maximum absolute atomic E-state index is 12.0. The second kappa shape index (κ2) is 8.37. The van der Waals surface area contributed by atoms with Crippen molar-refractivity contribution in [2.45, 2.75) is 20.3 Å². The molecule has 19 heavy (non-hydrogen) atoms. The molecule has 0 heterocycles. The summed E-state index contributed by atoms with van der Waals surface area (Å²) in [5.41, 5.74) is 0.650. The second-order valence-corrected chi connectivity index (χ2v) is 4.08. The first-order chi connectivity index (χ1) is 9.22. The summed E-state index contributed by atoms with van der Waals surface area (Å²) in [6.07, 6.45) is 0.911. The van der Waals surface area contributed by atoms with Crippen LogP contribution in [0.1, 0.15) is 20.3 Å². The summed E-state index contributed by atoms with van der Waals surface area (Å²) < 4.78 is 5.58. The third kappa shape index (κ3) is 4.79. The maximum Gasteiger partial charge on any atom is 0.322 e. The zero-order valence-electron chi connectivity index (χ0n) is 11.6. The van der Waals surface area contributed by atoms with Gasteiger partial charge in [0, 0.05) is 13.1 Å². The fourth-order valence-corrected chi connectivity index (χ4v) is 1.63. The van der Waals surface area contributed by atoms with Crippen molar-refractivity contribution >= 4 is 11.7 Å². The van der Waals surface area contributed by atoms with Gasteiger partial charge in [-0.15, -0.1) is 0 Å². The van der Waals surface area contributed by atoms with Crippen LogP contribution in [0.15, 0.2) is 24.3 Å². The zero-order chi connectivity index (χ0) is 14.1. The van der Waals surface area contributed by atoms with Crippen molar-refractivity contribution in [1.29, 1.82) is 0 Å². The Morgan fingerprint density at radius 2 is 2.11 bits per heavy atom. The van der Waals surface area contributed by atoms with E-state index in [2.05, 4.69) is 5.32 Å². The fourth-order valence-electron chi connectivity index (χ4n) is 1.63. The largest absolute Gasteiger partial charge is 0.491 e. The molecule has 1 aromatic carbocycles. The van der Waals surface area contributed by atoms with Gasteiger partial charge in [-0.25, -0.2) is 4.79 Å². The normalized spacial score (nSPS) is 10.1. The Morgan fingerprint density at radius 3 is 2.74 bits per heavy atom. The Labute approximate surface area is 114 Å². The Hall–Kier alpha value is -1.75. The third-order valence-electron chi connectivity index (χ3n) is 2.63. The van der Waals surface area contributed by atoms with Crippen LogP contribution in [0.4, 0.5) is 10.5 Å². The lowest BCUT2D eigenvalue weighted by Gasteiger charge is -2.21. The number of anilines is 1. The lowest BCUT2D eigenvalue weighted by atomic mass is 10.3. The number of carbonyl (C=O) groups excluding carboxylic acids is 1. The average Bonchev–Trinajstić information content (AvgIpc) is 2.43. The number of hydrogen-bond donors (Lipinski definition) is 2. The van der Waals surface area contributed by atoms with E-state index in [1.54, 1.807) is 6.07 Å². The molecular weight excluding hydrogens is 244 g/mol. The van der Waals surface area contributed by atoms with Gasteiger partial charge in [-0.2, -0.15) is 0 Å². The molecule has 0 unspecified atom stereocenters. The second-order valence-electron chi connectivity index (χ2n) is 4.08. The molecular formula is C14H22N2O3. The average molecular weight is 266 g/mol. The van der Waals surface area contributed by atoms with Crippen LogP contribution < -0.4 is 10.1 Å². The first kappa shape index (κ1) is 15.3. The summed E-state index contributed by atoms with van der Waals surface area (Å²) >= 11 is 0. The van der Waals surface area contributed by atoms with Gasteiger partial charge in [-0.05, 0) is 25.5 Å². The maximum atomic E-state index is 12.0. The molecule has 0 spiro atoms. The minimum atomic E-state index is -0.232. The molecule has 0 saturated heterocycles. The van der Waals surface area contributed by atoms with E-state index in [-0.39, 0.29) is 12.6 Å². The molecule has 1 rings (SSSR count). The lowest BCUT2D eigenvalue weighted by Crippen LogP contribution is -2.36. The van der Waals surface area contributed by atoms with Gasteiger partial charge in [0.05, 0.1) is 18.9 Å². The van der Waals surface area contributed by atoms with Crippen molar-refractivity contribution in [1.82, 2.24) is 4.90 Å². The van der Waals surface area contributed by atoms with E-state index in [1.807, 2.05) is 32.0 Å². The van der Waals surface area contributed by atoms with Crippen LogP contribution in [-0.2, 0) is 0 Å². The van der Waals surface area contributed by atoms with Crippen LogP contribution >= 0.6 is 0 Å². The van der Waals surface area contributed by atoms with Gasteiger partial charge in [-0.1, -0.05) is 19.1 Å². The quantitative estimate of drug-likeness (QED) is 0.796. The summed E-state index contributed by atoms with van der Waals surface area (Å²) in [7, 11) is 0. The van der Waals surface area contributed by atoms with Gasteiger partial charge < -0.3 is 20.1 Å². The summed E-state index contributed by atoms with van der Waals surface area (Å²) in [5.74, 6) is 0.665. The fraction of sp³-hybridized carbons (Fsp3) is 0.500. The number of aliphatic hydroxyl groups is 1. The van der Waals surface area contributed by atoms with Gasteiger partial charge in [0.2, 0.25) is 0 Å². The van der Waals surface area contributed by atoms with E-state index in [4.69, 9.17) is 9.84 Å². The number of benzene rings is 1. The summed E-state index contributed by atoms with van der Waals surface area (Å²) in [6.45, 7) is 5.33. The van der Waals surface area contributed by atoms with Crippen molar-refractivity contribution in [2.24, 2.45) is 0 Å². The molecule has 2 amide bonds.